The Hall–Kier alpha value is -2.71. The first-order valence-corrected chi connectivity index (χ1v) is 12.4. The number of hydrogen-bond donors (Lipinski definition) is 2. The van der Waals surface area contributed by atoms with Crippen LogP contribution in [0.5, 0.6) is 17.2 Å². The molecular formula is C25H21Cl3N2O4S. The topological polar surface area (TPSA) is 68.8 Å². The third-order valence-electron chi connectivity index (χ3n) is 5.04. The molecule has 1 aliphatic heterocycles. The van der Waals surface area contributed by atoms with Gasteiger partial charge in [-0.05, 0) is 59.7 Å². The molecule has 0 aliphatic carbocycles. The van der Waals surface area contributed by atoms with Crippen LogP contribution in [0, 0.1) is 0 Å². The summed E-state index contributed by atoms with van der Waals surface area (Å²) in [6, 6.07) is 16.0. The van der Waals surface area contributed by atoms with Gasteiger partial charge < -0.3 is 24.8 Å². The lowest BCUT2D eigenvalue weighted by atomic mass is 10.2. The van der Waals surface area contributed by atoms with Crippen LogP contribution in [0.2, 0.25) is 15.1 Å². The number of carbonyl (C=O) groups excluding carboxylic acids is 1. The van der Waals surface area contributed by atoms with Crippen molar-refractivity contribution in [1.82, 2.24) is 5.32 Å². The first kappa shape index (κ1) is 25.4. The van der Waals surface area contributed by atoms with Crippen LogP contribution in [0.25, 0.3) is 6.08 Å². The highest BCUT2D eigenvalue weighted by molar-refractivity contribution is 8.05. The zero-order valence-corrected chi connectivity index (χ0v) is 21.8. The highest BCUT2D eigenvalue weighted by Crippen LogP contribution is 2.36. The predicted octanol–water partition coefficient (Wildman–Crippen LogP) is 6.84. The number of hydrogen-bond acceptors (Lipinski definition) is 6. The van der Waals surface area contributed by atoms with Crippen molar-refractivity contribution in [3.8, 4) is 17.2 Å². The molecule has 2 N–H and O–H groups in total. The van der Waals surface area contributed by atoms with E-state index >= 15 is 0 Å². The maximum absolute atomic E-state index is 12.6. The van der Waals surface area contributed by atoms with Crippen LogP contribution in [-0.2, 0) is 11.4 Å². The molecule has 0 saturated carbocycles. The maximum Gasteiger partial charge on any atom is 0.260 e. The molecule has 3 aromatic rings. The van der Waals surface area contributed by atoms with Gasteiger partial charge >= 0.3 is 0 Å². The third kappa shape index (κ3) is 6.30. The fourth-order valence-electron chi connectivity index (χ4n) is 3.33. The number of anilines is 1. The number of carbonyl (C=O) groups is 1. The van der Waals surface area contributed by atoms with E-state index in [0.29, 0.717) is 49.5 Å². The van der Waals surface area contributed by atoms with Crippen LogP contribution in [-0.4, -0.2) is 25.6 Å². The van der Waals surface area contributed by atoms with Gasteiger partial charge in [0.1, 0.15) is 12.4 Å². The largest absolute Gasteiger partial charge is 0.495 e. The van der Waals surface area contributed by atoms with Crippen molar-refractivity contribution in [3.05, 3.63) is 85.7 Å². The lowest BCUT2D eigenvalue weighted by Crippen LogP contribution is -2.31. The summed E-state index contributed by atoms with van der Waals surface area (Å²) in [5, 5.41) is 7.66. The van der Waals surface area contributed by atoms with Gasteiger partial charge in [-0.3, -0.25) is 4.79 Å². The zero-order chi connectivity index (χ0) is 24.9. The van der Waals surface area contributed by atoms with Crippen LogP contribution < -0.4 is 24.8 Å². The van der Waals surface area contributed by atoms with E-state index in [1.807, 2.05) is 18.2 Å². The fourth-order valence-corrected chi connectivity index (χ4v) is 4.80. The van der Waals surface area contributed by atoms with Gasteiger partial charge in [0.15, 0.2) is 17.0 Å². The van der Waals surface area contributed by atoms with E-state index in [1.165, 1.54) is 11.8 Å². The molecule has 0 aromatic heterocycles. The third-order valence-corrected chi connectivity index (χ3v) is 7.05. The first-order chi connectivity index (χ1) is 16.9. The first-order valence-electron chi connectivity index (χ1n) is 10.4. The van der Waals surface area contributed by atoms with Crippen molar-refractivity contribution < 1.29 is 19.0 Å². The van der Waals surface area contributed by atoms with Gasteiger partial charge in [-0.25, -0.2) is 0 Å². The van der Waals surface area contributed by atoms with Crippen molar-refractivity contribution in [2.45, 2.75) is 12.1 Å². The van der Waals surface area contributed by atoms with Crippen molar-refractivity contribution in [2.24, 2.45) is 0 Å². The quantitative estimate of drug-likeness (QED) is 0.299. The molecule has 1 atom stereocenters. The second kappa shape index (κ2) is 11.4. The lowest BCUT2D eigenvalue weighted by molar-refractivity contribution is -0.116. The van der Waals surface area contributed by atoms with Gasteiger partial charge in [0.25, 0.3) is 5.91 Å². The Morgan fingerprint density at radius 1 is 0.943 bits per heavy atom. The summed E-state index contributed by atoms with van der Waals surface area (Å²) in [6.45, 7) is 0.298. The smallest absolute Gasteiger partial charge is 0.260 e. The molecule has 1 unspecified atom stereocenters. The number of nitrogens with one attached hydrogen (secondary N) is 2. The minimum atomic E-state index is -0.378. The Morgan fingerprint density at radius 3 is 2.46 bits per heavy atom. The van der Waals surface area contributed by atoms with E-state index in [4.69, 9.17) is 49.0 Å². The SMILES string of the molecule is COc1ccc(Cl)cc1NC1NC(=O)/C(=C/c2ccc(OCc3ccc(Cl)c(Cl)c3)c(OC)c2)S1. The van der Waals surface area contributed by atoms with E-state index in [0.717, 1.165) is 11.1 Å². The molecule has 0 spiro atoms. The Labute approximate surface area is 222 Å². The Morgan fingerprint density at radius 2 is 1.71 bits per heavy atom. The number of benzene rings is 3. The summed E-state index contributed by atoms with van der Waals surface area (Å²) in [7, 11) is 3.14. The summed E-state index contributed by atoms with van der Waals surface area (Å²) in [6.07, 6.45) is 1.79. The number of rotatable bonds is 8. The molecule has 6 nitrogen and oxygen atoms in total. The van der Waals surface area contributed by atoms with E-state index in [9.17, 15) is 4.79 Å². The number of amides is 1. The number of halogens is 3. The summed E-state index contributed by atoms with van der Waals surface area (Å²) in [4.78, 5) is 13.1. The van der Waals surface area contributed by atoms with Crippen LogP contribution in [0.3, 0.4) is 0 Å². The monoisotopic (exact) mass is 550 g/mol. The summed E-state index contributed by atoms with van der Waals surface area (Å²) < 4.78 is 16.8. The van der Waals surface area contributed by atoms with Gasteiger partial charge in [-0.2, -0.15) is 0 Å². The van der Waals surface area contributed by atoms with Gasteiger partial charge in [0, 0.05) is 5.02 Å². The van der Waals surface area contributed by atoms with E-state index < -0.39 is 0 Å². The number of ether oxygens (including phenoxy) is 3. The van der Waals surface area contributed by atoms with Crippen molar-refractivity contribution >= 4 is 64.2 Å². The molecule has 1 saturated heterocycles. The van der Waals surface area contributed by atoms with Gasteiger partial charge in [0.05, 0.1) is 34.9 Å². The lowest BCUT2D eigenvalue weighted by Gasteiger charge is -2.15. The van der Waals surface area contributed by atoms with Crippen LogP contribution >= 0.6 is 46.6 Å². The van der Waals surface area contributed by atoms with Crippen molar-refractivity contribution in [3.63, 3.8) is 0 Å². The molecule has 4 rings (SSSR count). The van der Waals surface area contributed by atoms with Crippen LogP contribution in [0.1, 0.15) is 11.1 Å². The Kier molecular flexibility index (Phi) is 8.23. The highest BCUT2D eigenvalue weighted by Gasteiger charge is 2.28. The van der Waals surface area contributed by atoms with Crippen LogP contribution in [0.15, 0.2) is 59.5 Å². The second-order valence-corrected chi connectivity index (χ2v) is 9.81. The van der Waals surface area contributed by atoms with E-state index in [2.05, 4.69) is 10.6 Å². The van der Waals surface area contributed by atoms with E-state index in [1.54, 1.807) is 56.7 Å². The fraction of sp³-hybridized carbons (Fsp3) is 0.160. The maximum atomic E-state index is 12.6. The molecule has 0 radical (unpaired) electrons. The summed E-state index contributed by atoms with van der Waals surface area (Å²) in [5.41, 5.74) is 1.98. The summed E-state index contributed by atoms with van der Waals surface area (Å²) >= 11 is 19.5. The number of methoxy groups -OCH3 is 2. The Bertz CT molecular complexity index is 1290. The molecule has 35 heavy (non-hydrogen) atoms. The molecule has 1 aliphatic rings. The molecular weight excluding hydrogens is 531 g/mol. The molecule has 1 amide bonds. The average Bonchev–Trinajstić information content (AvgIpc) is 3.18. The number of thioether (sulfide) groups is 1. The average molecular weight is 552 g/mol. The molecule has 0 bridgehead atoms. The van der Waals surface area contributed by atoms with E-state index in [-0.39, 0.29) is 11.4 Å². The van der Waals surface area contributed by atoms with Crippen LogP contribution in [0.4, 0.5) is 5.69 Å². The normalized spacial score (nSPS) is 16.2. The molecule has 182 valence electrons. The predicted molar refractivity (Wildman–Crippen MR) is 143 cm³/mol. The van der Waals surface area contributed by atoms with Crippen molar-refractivity contribution in [2.75, 3.05) is 19.5 Å². The molecule has 1 fully saturated rings. The summed E-state index contributed by atoms with van der Waals surface area (Å²) in [5.74, 6) is 1.55. The van der Waals surface area contributed by atoms with Gasteiger partial charge in [-0.15, -0.1) is 0 Å². The highest BCUT2D eigenvalue weighted by atomic mass is 35.5. The molecule has 1 heterocycles. The van der Waals surface area contributed by atoms with Gasteiger partial charge in [-0.1, -0.05) is 58.7 Å². The Balaban J connectivity index is 1.45. The molecule has 3 aromatic carbocycles. The zero-order valence-electron chi connectivity index (χ0n) is 18.7. The standard InChI is InChI=1S/C25H21Cl3N2O4S/c1-32-20-8-5-16(26)12-19(20)29-25-30-24(31)23(35-25)11-14-4-7-21(22(10-14)33-2)34-13-15-3-6-17(27)18(28)9-15/h3-12,25,29H,13H2,1-2H3,(H,30,31)/b23-11-. The second-order valence-electron chi connectivity index (χ2n) is 7.42. The minimum Gasteiger partial charge on any atom is -0.495 e. The van der Waals surface area contributed by atoms with Crippen molar-refractivity contribution in [1.29, 1.82) is 0 Å². The minimum absolute atomic E-state index is 0.188. The molecule has 10 heteroatoms. The van der Waals surface area contributed by atoms with Gasteiger partial charge in [0.2, 0.25) is 0 Å².